The maximum atomic E-state index is 13.6. The molecule has 0 fully saturated rings. The van der Waals surface area contributed by atoms with Crippen LogP contribution >= 0.6 is 0 Å². The molecule has 6 unspecified atom stereocenters. The minimum atomic E-state index is -0.658. The highest BCUT2D eigenvalue weighted by Gasteiger charge is 2.33. The Hall–Kier alpha value is -4.19. The Balaban J connectivity index is 1.57. The van der Waals surface area contributed by atoms with Crippen molar-refractivity contribution in [2.45, 2.75) is 52.5 Å². The zero-order valence-electron chi connectivity index (χ0n) is 25.8. The number of amides is 1. The lowest BCUT2D eigenvalue weighted by Gasteiger charge is -2.35. The van der Waals surface area contributed by atoms with Crippen molar-refractivity contribution < 1.29 is 14.3 Å². The fourth-order valence-corrected chi connectivity index (χ4v) is 5.98. The maximum absolute atomic E-state index is 13.6. The van der Waals surface area contributed by atoms with Crippen LogP contribution in [0.25, 0.3) is 5.57 Å². The molecular weight excluding hydrogens is 534 g/mol. The van der Waals surface area contributed by atoms with E-state index in [1.54, 1.807) is 6.07 Å². The molecule has 0 aliphatic heterocycles. The topological polar surface area (TPSA) is 105 Å². The number of ether oxygens (including phenoxy) is 1. The number of amidine groups is 1. The van der Waals surface area contributed by atoms with Crippen LogP contribution in [0.4, 0.5) is 0 Å². The van der Waals surface area contributed by atoms with Crippen LogP contribution in [0.2, 0.25) is 0 Å². The first kappa shape index (κ1) is 31.7. The third kappa shape index (κ3) is 8.22. The fourth-order valence-electron chi connectivity index (χ4n) is 5.98. The molecule has 2 aromatic rings. The standard InChI is InChI=1S/C37H45N3O3/c1-25-21-30(28-13-6-5-7-14-28)17-16-29(25)24-34(41)40-33(18-20-37(3)19-9-8-11-26(37)2)32(36(42)43-4)23-27-12-10-15-31(22-27)35(38)39/h5-10,12-18,20-22,25-26,29,32-33H,11,19,23-24H2,1-4H3,(H3,38,39)(H,40,41)/b20-18+. The molecule has 226 valence electrons. The van der Waals surface area contributed by atoms with E-state index >= 15 is 0 Å². The van der Waals surface area contributed by atoms with E-state index in [1.165, 1.54) is 7.11 Å². The molecule has 43 heavy (non-hydrogen) atoms. The number of carbonyl (C=O) groups excluding carboxylic acids is 2. The highest BCUT2D eigenvalue weighted by atomic mass is 16.5. The average Bonchev–Trinajstić information content (AvgIpc) is 3.01. The smallest absolute Gasteiger partial charge is 0.311 e. The van der Waals surface area contributed by atoms with Crippen LogP contribution in [-0.4, -0.2) is 30.9 Å². The first-order valence-electron chi connectivity index (χ1n) is 15.2. The molecular formula is C37H45N3O3. The number of benzene rings is 2. The Morgan fingerprint density at radius 1 is 1.14 bits per heavy atom. The third-order valence-corrected chi connectivity index (χ3v) is 9.15. The molecule has 6 nitrogen and oxygen atoms in total. The molecule has 0 saturated carbocycles. The minimum absolute atomic E-state index is 0.0346. The summed E-state index contributed by atoms with van der Waals surface area (Å²) >= 11 is 0. The first-order valence-corrected chi connectivity index (χ1v) is 15.2. The van der Waals surface area contributed by atoms with Gasteiger partial charge in [-0.15, -0.1) is 0 Å². The van der Waals surface area contributed by atoms with Crippen LogP contribution < -0.4 is 11.1 Å². The molecule has 1 amide bonds. The summed E-state index contributed by atoms with van der Waals surface area (Å²) in [5.41, 5.74) is 9.40. The molecule has 4 rings (SSSR count). The summed E-state index contributed by atoms with van der Waals surface area (Å²) in [5.74, 6) is -0.553. The quantitative estimate of drug-likeness (QED) is 0.120. The summed E-state index contributed by atoms with van der Waals surface area (Å²) in [5, 5.41) is 11.0. The van der Waals surface area contributed by atoms with Gasteiger partial charge in [0.25, 0.3) is 0 Å². The van der Waals surface area contributed by atoms with Gasteiger partial charge in [0.05, 0.1) is 19.1 Å². The van der Waals surface area contributed by atoms with Gasteiger partial charge < -0.3 is 15.8 Å². The molecule has 0 saturated heterocycles. The van der Waals surface area contributed by atoms with Gasteiger partial charge in [-0.05, 0) is 65.2 Å². The monoisotopic (exact) mass is 579 g/mol. The van der Waals surface area contributed by atoms with Crippen LogP contribution in [0.5, 0.6) is 0 Å². The van der Waals surface area contributed by atoms with Crippen molar-refractivity contribution in [3.05, 3.63) is 114 Å². The molecule has 0 heterocycles. The number of hydrogen-bond donors (Lipinski definition) is 3. The molecule has 2 aliphatic carbocycles. The van der Waals surface area contributed by atoms with Gasteiger partial charge in [0.2, 0.25) is 5.91 Å². The highest BCUT2D eigenvalue weighted by molar-refractivity contribution is 5.95. The van der Waals surface area contributed by atoms with Gasteiger partial charge in [0.1, 0.15) is 5.84 Å². The Morgan fingerprint density at radius 2 is 1.91 bits per heavy atom. The zero-order valence-corrected chi connectivity index (χ0v) is 25.8. The summed E-state index contributed by atoms with van der Waals surface area (Å²) < 4.78 is 5.26. The van der Waals surface area contributed by atoms with Crippen molar-refractivity contribution in [3.8, 4) is 0 Å². The molecule has 6 heteroatoms. The number of hydrogen-bond acceptors (Lipinski definition) is 4. The van der Waals surface area contributed by atoms with Crippen molar-refractivity contribution in [2.24, 2.45) is 34.8 Å². The van der Waals surface area contributed by atoms with E-state index in [2.05, 4.69) is 74.7 Å². The van der Waals surface area contributed by atoms with Crippen molar-refractivity contribution in [1.29, 1.82) is 5.41 Å². The second-order valence-electron chi connectivity index (χ2n) is 12.3. The predicted octanol–water partition coefficient (Wildman–Crippen LogP) is 6.63. The number of allylic oxidation sites excluding steroid dienone is 7. The number of nitrogens with two attached hydrogens (primary N) is 1. The van der Waals surface area contributed by atoms with E-state index in [9.17, 15) is 9.59 Å². The second-order valence-corrected chi connectivity index (χ2v) is 12.3. The molecule has 2 aliphatic rings. The third-order valence-electron chi connectivity index (χ3n) is 9.15. The van der Waals surface area contributed by atoms with Gasteiger partial charge in [-0.25, -0.2) is 0 Å². The number of esters is 1. The van der Waals surface area contributed by atoms with Crippen molar-refractivity contribution in [2.75, 3.05) is 7.11 Å². The summed E-state index contributed by atoms with van der Waals surface area (Å²) in [6.07, 6.45) is 17.6. The summed E-state index contributed by atoms with van der Waals surface area (Å²) in [4.78, 5) is 26.9. The van der Waals surface area contributed by atoms with Crippen molar-refractivity contribution >= 4 is 23.3 Å². The predicted molar refractivity (Wildman–Crippen MR) is 174 cm³/mol. The number of nitrogens with one attached hydrogen (secondary N) is 2. The Labute approximate surface area is 256 Å². The lowest BCUT2D eigenvalue weighted by molar-refractivity contribution is -0.146. The zero-order chi connectivity index (χ0) is 31.0. The maximum Gasteiger partial charge on any atom is 0.311 e. The molecule has 0 radical (unpaired) electrons. The Kier molecular flexibility index (Phi) is 10.6. The highest BCUT2D eigenvalue weighted by Crippen LogP contribution is 2.39. The molecule has 0 bridgehead atoms. The van der Waals surface area contributed by atoms with Gasteiger partial charge in [-0.1, -0.05) is 112 Å². The van der Waals surface area contributed by atoms with E-state index < -0.39 is 17.9 Å². The van der Waals surface area contributed by atoms with Crippen molar-refractivity contribution in [1.82, 2.24) is 5.32 Å². The van der Waals surface area contributed by atoms with Crippen LogP contribution in [0.1, 0.15) is 56.7 Å². The van der Waals surface area contributed by atoms with Crippen LogP contribution in [0.15, 0.2) is 97.1 Å². The van der Waals surface area contributed by atoms with Gasteiger partial charge >= 0.3 is 5.97 Å². The molecule has 4 N–H and O–H groups in total. The number of nitrogen functional groups attached to an aromatic ring is 1. The van der Waals surface area contributed by atoms with Gasteiger partial charge in [0, 0.05) is 12.0 Å². The lowest BCUT2D eigenvalue weighted by Crippen LogP contribution is -2.44. The summed E-state index contributed by atoms with van der Waals surface area (Å²) in [6, 6.07) is 17.0. The average molecular weight is 580 g/mol. The first-order chi connectivity index (χ1) is 20.6. The van der Waals surface area contributed by atoms with E-state index in [0.717, 1.165) is 29.5 Å². The van der Waals surface area contributed by atoms with Gasteiger partial charge in [-0.2, -0.15) is 0 Å². The second kappa shape index (κ2) is 14.3. The SMILES string of the molecule is COC(=O)C(Cc1cccc(C(=N)N)c1)C(/C=C/C1(C)CC=CCC1C)NC(=O)CC1C=CC(c2ccccc2)=CC1C. The lowest BCUT2D eigenvalue weighted by atomic mass is 9.70. The van der Waals surface area contributed by atoms with Gasteiger partial charge in [-0.3, -0.25) is 15.0 Å². The van der Waals surface area contributed by atoms with Gasteiger partial charge in [0.15, 0.2) is 0 Å². The van der Waals surface area contributed by atoms with Crippen LogP contribution in [0.3, 0.4) is 0 Å². The largest absolute Gasteiger partial charge is 0.469 e. The summed E-state index contributed by atoms with van der Waals surface area (Å²) in [7, 11) is 1.38. The number of rotatable bonds is 11. The van der Waals surface area contributed by atoms with Crippen LogP contribution in [-0.2, 0) is 20.7 Å². The van der Waals surface area contributed by atoms with E-state index in [0.29, 0.717) is 24.3 Å². The molecule has 2 aromatic carbocycles. The summed E-state index contributed by atoms with van der Waals surface area (Å²) in [6.45, 7) is 6.60. The van der Waals surface area contributed by atoms with E-state index in [4.69, 9.17) is 15.9 Å². The molecule has 0 spiro atoms. The number of carbonyl (C=O) groups is 2. The van der Waals surface area contributed by atoms with E-state index in [1.807, 2.05) is 42.5 Å². The minimum Gasteiger partial charge on any atom is -0.469 e. The fraction of sp³-hybridized carbons (Fsp3) is 0.378. The van der Waals surface area contributed by atoms with Crippen molar-refractivity contribution in [3.63, 3.8) is 0 Å². The molecule has 6 atom stereocenters. The van der Waals surface area contributed by atoms with Crippen LogP contribution in [0, 0.1) is 34.5 Å². The van der Waals surface area contributed by atoms with E-state index in [-0.39, 0.29) is 29.0 Å². The Bertz CT molecular complexity index is 1420. The number of methoxy groups -OCH3 is 1. The molecule has 0 aromatic heterocycles. The Morgan fingerprint density at radius 3 is 2.58 bits per heavy atom. The normalized spacial score (nSPS) is 24.7.